The Balaban J connectivity index is 2.55. The molecule has 2 aromatic rings. The molecule has 6 heteroatoms. The molecule has 5 nitrogen and oxygen atoms in total. The highest BCUT2D eigenvalue weighted by Crippen LogP contribution is 2.26. The van der Waals surface area contributed by atoms with Crippen LogP contribution in [-0.2, 0) is 10.0 Å². The lowest BCUT2D eigenvalue weighted by Crippen LogP contribution is -2.31. The lowest BCUT2D eigenvalue weighted by Gasteiger charge is -2.18. The molecule has 0 aliphatic rings. The van der Waals surface area contributed by atoms with Gasteiger partial charge >= 0.3 is 0 Å². The fourth-order valence-corrected chi connectivity index (χ4v) is 3.57. The van der Waals surface area contributed by atoms with E-state index in [1.807, 2.05) is 0 Å². The van der Waals surface area contributed by atoms with E-state index in [0.29, 0.717) is 16.6 Å². The van der Waals surface area contributed by atoms with Gasteiger partial charge in [0.2, 0.25) is 10.0 Å². The van der Waals surface area contributed by atoms with Gasteiger partial charge in [0.05, 0.1) is 0 Å². The molecule has 106 valence electrons. The van der Waals surface area contributed by atoms with Crippen LogP contribution in [0.5, 0.6) is 0 Å². The summed E-state index contributed by atoms with van der Waals surface area (Å²) in [4.78, 5) is 3.17. The van der Waals surface area contributed by atoms with Gasteiger partial charge in [-0.05, 0) is 18.2 Å². The number of anilines is 1. The van der Waals surface area contributed by atoms with Crippen LogP contribution < -0.4 is 5.73 Å². The van der Waals surface area contributed by atoms with Gasteiger partial charge in [0.15, 0.2) is 0 Å². The Kier molecular flexibility index (Phi) is 3.96. The lowest BCUT2D eigenvalue weighted by molar-refractivity contribution is 0.475. The first-order chi connectivity index (χ1) is 9.50. The molecule has 2 rings (SSSR count). The van der Waals surface area contributed by atoms with Crippen LogP contribution in [0, 0.1) is 0 Å². The maximum Gasteiger partial charge on any atom is 0.245 e. The first-order valence-electron chi connectivity index (χ1n) is 6.09. The van der Waals surface area contributed by atoms with E-state index in [9.17, 15) is 8.42 Å². The third-order valence-electron chi connectivity index (χ3n) is 2.95. The molecular formula is C14H17N3O2S. The van der Waals surface area contributed by atoms with E-state index in [1.54, 1.807) is 30.4 Å². The molecule has 0 radical (unpaired) electrons. The van der Waals surface area contributed by atoms with Crippen molar-refractivity contribution in [2.24, 2.45) is 0 Å². The van der Waals surface area contributed by atoms with Gasteiger partial charge in [0.25, 0.3) is 0 Å². The molecule has 1 aromatic carbocycles. The maximum atomic E-state index is 12.7. The third kappa shape index (κ3) is 2.48. The van der Waals surface area contributed by atoms with E-state index < -0.39 is 10.0 Å². The van der Waals surface area contributed by atoms with Crippen molar-refractivity contribution in [3.63, 3.8) is 0 Å². The smallest absolute Gasteiger partial charge is 0.245 e. The number of hydrogen-bond acceptors (Lipinski definition) is 3. The number of nitrogens with zero attached hydrogens (tertiary/aromatic N) is 1. The standard InChI is InChI=1S/C14H17N3O2S/c1-3-7-17(8-4-2)20(18,19)14-10-16-13-9-11(15)5-6-12(13)14/h3-6,9-10,16H,1-2,7-8,15H2. The van der Waals surface area contributed by atoms with Gasteiger partial charge in [-0.2, -0.15) is 4.31 Å². The van der Waals surface area contributed by atoms with Gasteiger partial charge < -0.3 is 10.7 Å². The second kappa shape index (κ2) is 5.52. The first-order valence-corrected chi connectivity index (χ1v) is 7.53. The zero-order chi connectivity index (χ0) is 14.8. The molecule has 0 spiro atoms. The summed E-state index contributed by atoms with van der Waals surface area (Å²) in [6.45, 7) is 7.64. The van der Waals surface area contributed by atoms with Gasteiger partial charge in [-0.25, -0.2) is 8.42 Å². The van der Waals surface area contributed by atoms with Crippen molar-refractivity contribution in [1.82, 2.24) is 9.29 Å². The minimum atomic E-state index is -3.60. The number of fused-ring (bicyclic) bond motifs is 1. The van der Waals surface area contributed by atoms with Crippen LogP contribution in [0.4, 0.5) is 5.69 Å². The first kappa shape index (κ1) is 14.4. The molecule has 0 saturated carbocycles. The van der Waals surface area contributed by atoms with Crippen molar-refractivity contribution in [2.45, 2.75) is 4.90 Å². The summed E-state index contributed by atoms with van der Waals surface area (Å²) in [7, 11) is -3.60. The molecule has 1 heterocycles. The topological polar surface area (TPSA) is 79.2 Å². The molecule has 20 heavy (non-hydrogen) atoms. The van der Waals surface area contributed by atoms with Crippen LogP contribution in [-0.4, -0.2) is 30.8 Å². The lowest BCUT2D eigenvalue weighted by atomic mass is 10.2. The van der Waals surface area contributed by atoms with Crippen LogP contribution in [0.2, 0.25) is 0 Å². The van der Waals surface area contributed by atoms with E-state index in [1.165, 1.54) is 10.5 Å². The molecule has 0 unspecified atom stereocenters. The number of aromatic amines is 1. The Morgan fingerprint density at radius 1 is 1.25 bits per heavy atom. The van der Waals surface area contributed by atoms with Crippen LogP contribution in [0.1, 0.15) is 0 Å². The third-order valence-corrected chi connectivity index (χ3v) is 4.82. The quantitative estimate of drug-likeness (QED) is 0.632. The molecule has 0 fully saturated rings. The highest BCUT2D eigenvalue weighted by atomic mass is 32.2. The minimum Gasteiger partial charge on any atom is -0.399 e. The fraction of sp³-hybridized carbons (Fsp3) is 0.143. The van der Waals surface area contributed by atoms with Gasteiger partial charge in [-0.3, -0.25) is 0 Å². The predicted octanol–water partition coefficient (Wildman–Crippen LogP) is 2.11. The average Bonchev–Trinajstić information content (AvgIpc) is 2.82. The summed E-state index contributed by atoms with van der Waals surface area (Å²) in [5, 5.41) is 0.623. The summed E-state index contributed by atoms with van der Waals surface area (Å²) in [5.74, 6) is 0. The number of hydrogen-bond donors (Lipinski definition) is 2. The number of benzene rings is 1. The van der Waals surface area contributed by atoms with Crippen molar-refractivity contribution >= 4 is 26.6 Å². The minimum absolute atomic E-state index is 0.232. The highest BCUT2D eigenvalue weighted by Gasteiger charge is 2.25. The number of nitrogens with two attached hydrogens (primary N) is 1. The van der Waals surface area contributed by atoms with Crippen LogP contribution >= 0.6 is 0 Å². The monoisotopic (exact) mass is 291 g/mol. The molecule has 0 aliphatic carbocycles. The predicted molar refractivity (Wildman–Crippen MR) is 81.9 cm³/mol. The van der Waals surface area contributed by atoms with Crippen LogP contribution in [0.25, 0.3) is 10.9 Å². The maximum absolute atomic E-state index is 12.7. The van der Waals surface area contributed by atoms with Crippen molar-refractivity contribution in [3.8, 4) is 0 Å². The number of H-pyrrole nitrogens is 1. The average molecular weight is 291 g/mol. The summed E-state index contributed by atoms with van der Waals surface area (Å²) in [6, 6.07) is 5.09. The van der Waals surface area contributed by atoms with E-state index in [-0.39, 0.29) is 18.0 Å². The van der Waals surface area contributed by atoms with E-state index in [0.717, 1.165) is 0 Å². The summed E-state index contributed by atoms with van der Waals surface area (Å²) < 4.78 is 26.6. The normalized spacial score (nSPS) is 11.8. The Labute approximate surface area is 118 Å². The zero-order valence-electron chi connectivity index (χ0n) is 11.0. The SMILES string of the molecule is C=CCN(CC=C)S(=O)(=O)c1c[nH]c2cc(N)ccc12. The Hall–Kier alpha value is -2.05. The van der Waals surface area contributed by atoms with Gasteiger partial charge in [-0.1, -0.05) is 12.2 Å². The second-order valence-electron chi connectivity index (χ2n) is 4.36. The number of sulfonamides is 1. The van der Waals surface area contributed by atoms with E-state index in [4.69, 9.17) is 5.73 Å². The largest absolute Gasteiger partial charge is 0.399 e. The molecule has 0 saturated heterocycles. The van der Waals surface area contributed by atoms with Gasteiger partial charge in [-0.15, -0.1) is 13.2 Å². The van der Waals surface area contributed by atoms with Gasteiger partial charge in [0.1, 0.15) is 4.90 Å². The molecule has 0 bridgehead atoms. The van der Waals surface area contributed by atoms with Crippen molar-refractivity contribution in [3.05, 3.63) is 49.7 Å². The highest BCUT2D eigenvalue weighted by molar-refractivity contribution is 7.89. The number of nitrogens with one attached hydrogen (secondary N) is 1. The molecular weight excluding hydrogens is 274 g/mol. The molecule has 0 amide bonds. The summed E-state index contributed by atoms with van der Waals surface area (Å²) in [6.07, 6.45) is 4.58. The second-order valence-corrected chi connectivity index (χ2v) is 6.26. The zero-order valence-corrected chi connectivity index (χ0v) is 11.9. The Morgan fingerprint density at radius 3 is 2.50 bits per heavy atom. The van der Waals surface area contributed by atoms with Crippen molar-refractivity contribution in [1.29, 1.82) is 0 Å². The van der Waals surface area contributed by atoms with E-state index >= 15 is 0 Å². The summed E-state index contributed by atoms with van der Waals surface area (Å²) in [5.41, 5.74) is 6.97. The molecule has 1 aromatic heterocycles. The molecule has 0 atom stereocenters. The molecule has 3 N–H and O–H groups in total. The van der Waals surface area contributed by atoms with Crippen LogP contribution in [0.15, 0.2) is 54.6 Å². The fourth-order valence-electron chi connectivity index (χ4n) is 2.03. The van der Waals surface area contributed by atoms with Crippen molar-refractivity contribution < 1.29 is 8.42 Å². The number of nitrogen functional groups attached to an aromatic ring is 1. The molecule has 0 aliphatic heterocycles. The Bertz CT molecular complexity index is 737. The number of aromatic nitrogens is 1. The number of rotatable bonds is 6. The Morgan fingerprint density at radius 2 is 1.90 bits per heavy atom. The van der Waals surface area contributed by atoms with Crippen LogP contribution in [0.3, 0.4) is 0 Å². The van der Waals surface area contributed by atoms with E-state index in [2.05, 4.69) is 18.1 Å². The van der Waals surface area contributed by atoms with Crippen molar-refractivity contribution in [2.75, 3.05) is 18.8 Å². The summed E-state index contributed by atoms with van der Waals surface area (Å²) >= 11 is 0. The van der Waals surface area contributed by atoms with Gasteiger partial charge in [0, 0.05) is 35.9 Å².